The van der Waals surface area contributed by atoms with Crippen LogP contribution in [0.2, 0.25) is 0 Å². The number of nitrogens with zero attached hydrogens (tertiary/aromatic N) is 2. The summed E-state index contributed by atoms with van der Waals surface area (Å²) in [6.45, 7) is 2.97. The average molecular weight is 440 g/mol. The van der Waals surface area contributed by atoms with Crippen LogP contribution in [-0.4, -0.2) is 44.7 Å². The number of anilines is 1. The third-order valence-electron chi connectivity index (χ3n) is 4.08. The van der Waals surface area contributed by atoms with Crippen molar-refractivity contribution in [3.8, 4) is 0 Å². The lowest BCUT2D eigenvalue weighted by Crippen LogP contribution is -2.46. The van der Waals surface area contributed by atoms with Crippen molar-refractivity contribution in [2.45, 2.75) is 32.2 Å². The average Bonchev–Trinajstić information content (AvgIpc) is 2.45. The zero-order valence-electron chi connectivity index (χ0n) is 12.9. The Morgan fingerprint density at radius 1 is 1.32 bits per heavy atom. The quantitative estimate of drug-likeness (QED) is 0.661. The van der Waals surface area contributed by atoms with Gasteiger partial charge < -0.3 is 4.90 Å². The molecule has 0 atom stereocenters. The normalized spacial score (nSPS) is 17.6. The van der Waals surface area contributed by atoms with Crippen molar-refractivity contribution in [2.75, 3.05) is 30.8 Å². The standard InChI is InChI=1S/C15H22FIN2O2S/c1-3-8-22(20,21)19-6-4-14(5-7-19)18(2)15-10-12(16)9-13(17)11-15/h9-11,14H,3-8H2,1-2H3. The van der Waals surface area contributed by atoms with Crippen LogP contribution in [0.4, 0.5) is 10.1 Å². The lowest BCUT2D eigenvalue weighted by molar-refractivity contribution is 0.314. The largest absolute Gasteiger partial charge is 0.371 e. The Kier molecular flexibility index (Phi) is 6.07. The smallest absolute Gasteiger partial charge is 0.214 e. The van der Waals surface area contributed by atoms with Crippen LogP contribution in [0, 0.1) is 9.39 Å². The van der Waals surface area contributed by atoms with Crippen LogP contribution < -0.4 is 4.90 Å². The van der Waals surface area contributed by atoms with Crippen LogP contribution in [0.1, 0.15) is 26.2 Å². The molecule has 2 rings (SSSR count). The Labute approximate surface area is 145 Å². The van der Waals surface area contributed by atoms with Crippen molar-refractivity contribution in [1.29, 1.82) is 0 Å². The molecule has 0 saturated carbocycles. The molecule has 0 aliphatic carbocycles. The highest BCUT2D eigenvalue weighted by Gasteiger charge is 2.29. The first-order chi connectivity index (χ1) is 10.3. The number of hydrogen-bond acceptors (Lipinski definition) is 3. The summed E-state index contributed by atoms with van der Waals surface area (Å²) in [5.74, 6) is -0.0213. The highest BCUT2D eigenvalue weighted by atomic mass is 127. The van der Waals surface area contributed by atoms with Crippen LogP contribution in [0.15, 0.2) is 18.2 Å². The van der Waals surface area contributed by atoms with Crippen LogP contribution in [0.3, 0.4) is 0 Å². The number of sulfonamides is 1. The highest BCUT2D eigenvalue weighted by Crippen LogP contribution is 2.25. The molecular formula is C15H22FIN2O2S. The van der Waals surface area contributed by atoms with Gasteiger partial charge in [-0.05, 0) is 60.1 Å². The van der Waals surface area contributed by atoms with E-state index in [1.54, 1.807) is 4.31 Å². The molecule has 0 amide bonds. The van der Waals surface area contributed by atoms with Crippen LogP contribution in [0.25, 0.3) is 0 Å². The Balaban J connectivity index is 2.02. The van der Waals surface area contributed by atoms with Crippen molar-refractivity contribution in [2.24, 2.45) is 0 Å². The van der Waals surface area contributed by atoms with Crippen molar-refractivity contribution < 1.29 is 12.8 Å². The third-order valence-corrected chi connectivity index (χ3v) is 6.78. The molecule has 1 heterocycles. The molecule has 1 aromatic carbocycles. The van der Waals surface area contributed by atoms with Gasteiger partial charge in [0.25, 0.3) is 0 Å². The second kappa shape index (κ2) is 7.44. The molecule has 0 N–H and O–H groups in total. The molecule has 4 nitrogen and oxygen atoms in total. The van der Waals surface area contributed by atoms with Crippen molar-refractivity contribution in [3.63, 3.8) is 0 Å². The molecule has 1 aromatic rings. The lowest BCUT2D eigenvalue weighted by atomic mass is 10.0. The molecular weight excluding hydrogens is 418 g/mol. The van der Waals surface area contributed by atoms with E-state index in [4.69, 9.17) is 0 Å². The summed E-state index contributed by atoms with van der Waals surface area (Å²) in [4.78, 5) is 2.06. The predicted molar refractivity (Wildman–Crippen MR) is 96.2 cm³/mol. The van der Waals surface area contributed by atoms with Crippen molar-refractivity contribution >= 4 is 38.3 Å². The molecule has 0 spiro atoms. The Morgan fingerprint density at radius 3 is 2.50 bits per heavy atom. The van der Waals surface area contributed by atoms with Gasteiger partial charge in [0.1, 0.15) is 5.82 Å². The van der Waals surface area contributed by atoms with E-state index in [1.165, 1.54) is 12.1 Å². The molecule has 0 unspecified atom stereocenters. The predicted octanol–water partition coefficient (Wildman–Crippen LogP) is 3.07. The van der Waals surface area contributed by atoms with Gasteiger partial charge in [-0.3, -0.25) is 0 Å². The zero-order valence-corrected chi connectivity index (χ0v) is 15.9. The van der Waals surface area contributed by atoms with E-state index in [0.29, 0.717) is 19.5 Å². The third kappa shape index (κ3) is 4.32. The molecule has 22 heavy (non-hydrogen) atoms. The zero-order chi connectivity index (χ0) is 16.3. The number of hydrogen-bond donors (Lipinski definition) is 0. The Hall–Kier alpha value is -0.410. The van der Waals surface area contributed by atoms with E-state index in [0.717, 1.165) is 22.1 Å². The van der Waals surface area contributed by atoms with Gasteiger partial charge in [-0.15, -0.1) is 0 Å². The minimum absolute atomic E-state index is 0.218. The van der Waals surface area contributed by atoms with Gasteiger partial charge in [0.05, 0.1) is 5.75 Å². The summed E-state index contributed by atoms with van der Waals surface area (Å²) < 4.78 is 40.2. The second-order valence-corrected chi connectivity index (χ2v) is 9.02. The van der Waals surface area contributed by atoms with Gasteiger partial charge in [0, 0.05) is 35.4 Å². The highest BCUT2D eigenvalue weighted by molar-refractivity contribution is 14.1. The Morgan fingerprint density at radius 2 is 1.95 bits per heavy atom. The summed E-state index contributed by atoms with van der Waals surface area (Å²) >= 11 is 2.10. The van der Waals surface area contributed by atoms with Gasteiger partial charge >= 0.3 is 0 Å². The number of benzene rings is 1. The summed E-state index contributed by atoms with van der Waals surface area (Å²) in [5.41, 5.74) is 0.847. The summed E-state index contributed by atoms with van der Waals surface area (Å²) in [5, 5.41) is 0. The van der Waals surface area contributed by atoms with Crippen LogP contribution >= 0.6 is 22.6 Å². The van der Waals surface area contributed by atoms with E-state index in [-0.39, 0.29) is 17.6 Å². The number of rotatable bonds is 5. The molecule has 7 heteroatoms. The minimum Gasteiger partial charge on any atom is -0.371 e. The number of halogens is 2. The van der Waals surface area contributed by atoms with Gasteiger partial charge in [0.2, 0.25) is 10.0 Å². The fourth-order valence-corrected chi connectivity index (χ4v) is 5.01. The van der Waals surface area contributed by atoms with Crippen LogP contribution in [0.5, 0.6) is 0 Å². The first-order valence-electron chi connectivity index (χ1n) is 7.50. The van der Waals surface area contributed by atoms with Crippen molar-refractivity contribution in [1.82, 2.24) is 4.31 Å². The van der Waals surface area contributed by atoms with E-state index >= 15 is 0 Å². The summed E-state index contributed by atoms with van der Waals surface area (Å²) in [6.07, 6.45) is 2.18. The fraction of sp³-hybridized carbons (Fsp3) is 0.600. The maximum absolute atomic E-state index is 13.5. The van der Waals surface area contributed by atoms with Gasteiger partial charge in [0.15, 0.2) is 0 Å². The van der Waals surface area contributed by atoms with E-state index in [1.807, 2.05) is 20.0 Å². The molecule has 1 fully saturated rings. The van der Waals surface area contributed by atoms with Gasteiger partial charge in [-0.1, -0.05) is 6.92 Å². The lowest BCUT2D eigenvalue weighted by Gasteiger charge is -2.37. The molecule has 1 aliphatic rings. The van der Waals surface area contributed by atoms with Gasteiger partial charge in [-0.2, -0.15) is 0 Å². The first-order valence-corrected chi connectivity index (χ1v) is 10.2. The van der Waals surface area contributed by atoms with E-state index in [9.17, 15) is 12.8 Å². The van der Waals surface area contributed by atoms with Crippen molar-refractivity contribution in [3.05, 3.63) is 27.6 Å². The monoisotopic (exact) mass is 440 g/mol. The second-order valence-electron chi connectivity index (χ2n) is 5.68. The SMILES string of the molecule is CCCS(=O)(=O)N1CCC(N(C)c2cc(F)cc(I)c2)CC1. The molecule has 0 radical (unpaired) electrons. The topological polar surface area (TPSA) is 40.6 Å². The molecule has 1 aliphatic heterocycles. The maximum atomic E-state index is 13.5. The van der Waals surface area contributed by atoms with Crippen LogP contribution in [-0.2, 0) is 10.0 Å². The molecule has 0 bridgehead atoms. The number of piperidine rings is 1. The first kappa shape index (κ1) is 17.9. The molecule has 0 aromatic heterocycles. The fourth-order valence-electron chi connectivity index (χ4n) is 2.85. The van der Waals surface area contributed by atoms with E-state index < -0.39 is 10.0 Å². The summed E-state index contributed by atoms with van der Waals surface area (Å²) in [7, 11) is -1.16. The van der Waals surface area contributed by atoms with E-state index in [2.05, 4.69) is 27.5 Å². The van der Waals surface area contributed by atoms with Gasteiger partial charge in [-0.25, -0.2) is 17.1 Å². The summed E-state index contributed by atoms with van der Waals surface area (Å²) in [6, 6.07) is 5.22. The minimum atomic E-state index is -3.11. The Bertz CT molecular complexity index is 596. The molecule has 124 valence electrons. The maximum Gasteiger partial charge on any atom is 0.214 e. The molecule has 1 saturated heterocycles.